The van der Waals surface area contributed by atoms with Crippen LogP contribution in [0.25, 0.3) is 10.9 Å². The molecule has 0 fully saturated rings. The number of hydrogen-bond donors (Lipinski definition) is 1. The molecule has 1 N–H and O–H groups in total. The number of amides is 1. The summed E-state index contributed by atoms with van der Waals surface area (Å²) in [5.74, 6) is -2.97. The van der Waals surface area contributed by atoms with Crippen LogP contribution in [0.15, 0.2) is 48.5 Å². The van der Waals surface area contributed by atoms with Crippen LogP contribution in [0.2, 0.25) is 0 Å². The first-order chi connectivity index (χ1) is 12.4. The first-order valence-corrected chi connectivity index (χ1v) is 7.72. The second-order valence-corrected chi connectivity index (χ2v) is 5.58. The number of fused-ring (bicyclic) bond motifs is 1. The van der Waals surface area contributed by atoms with E-state index >= 15 is 0 Å². The average molecular weight is 356 g/mol. The summed E-state index contributed by atoms with van der Waals surface area (Å²) in [5.41, 5.74) is 1.21. The Morgan fingerprint density at radius 1 is 1.12 bits per heavy atom. The Kier molecular flexibility index (Phi) is 4.88. The lowest BCUT2D eigenvalue weighted by Gasteiger charge is -2.09. The molecule has 0 saturated carbocycles. The number of carbonyl (C=O) groups is 2. The molecule has 1 aromatic heterocycles. The summed E-state index contributed by atoms with van der Waals surface area (Å²) in [5, 5.41) is 2.76. The van der Waals surface area contributed by atoms with E-state index in [-0.39, 0.29) is 11.3 Å². The maximum Gasteiger partial charge on any atom is 0.339 e. The number of anilines is 1. The lowest BCUT2D eigenvalue weighted by atomic mass is 10.1. The van der Waals surface area contributed by atoms with Crippen LogP contribution < -0.4 is 5.32 Å². The second kappa shape index (κ2) is 7.26. The average Bonchev–Trinajstić information content (AvgIpc) is 2.62. The zero-order valence-corrected chi connectivity index (χ0v) is 13.8. The van der Waals surface area contributed by atoms with Gasteiger partial charge in [-0.1, -0.05) is 18.2 Å². The van der Waals surface area contributed by atoms with Crippen LogP contribution in [0.5, 0.6) is 0 Å². The van der Waals surface area contributed by atoms with E-state index in [1.807, 2.05) is 0 Å². The van der Waals surface area contributed by atoms with E-state index in [2.05, 4.69) is 10.3 Å². The molecule has 0 spiro atoms. The lowest BCUT2D eigenvalue weighted by molar-refractivity contribution is -0.119. The van der Waals surface area contributed by atoms with Crippen molar-refractivity contribution in [2.75, 3.05) is 11.9 Å². The van der Waals surface area contributed by atoms with E-state index in [9.17, 15) is 18.4 Å². The maximum absolute atomic E-state index is 13.5. The van der Waals surface area contributed by atoms with E-state index in [4.69, 9.17) is 4.74 Å². The summed E-state index contributed by atoms with van der Waals surface area (Å²) in [4.78, 5) is 28.5. The molecule has 0 aliphatic heterocycles. The third kappa shape index (κ3) is 3.83. The Labute approximate surface area is 147 Å². The van der Waals surface area contributed by atoms with Crippen molar-refractivity contribution in [2.24, 2.45) is 0 Å². The molecule has 0 bridgehead atoms. The monoisotopic (exact) mass is 356 g/mol. The molecule has 2 aromatic carbocycles. The third-order valence-electron chi connectivity index (χ3n) is 3.60. The zero-order valence-electron chi connectivity index (χ0n) is 13.8. The molecule has 0 unspecified atom stereocenters. The lowest BCUT2D eigenvalue weighted by Crippen LogP contribution is -2.21. The van der Waals surface area contributed by atoms with Crippen LogP contribution in [0.1, 0.15) is 16.1 Å². The van der Waals surface area contributed by atoms with E-state index in [0.29, 0.717) is 16.6 Å². The topological polar surface area (TPSA) is 68.3 Å². The minimum absolute atomic E-state index is 0.276. The fourth-order valence-electron chi connectivity index (χ4n) is 2.47. The number of nitrogens with zero attached hydrogens (tertiary/aromatic N) is 1. The highest BCUT2D eigenvalue weighted by Gasteiger charge is 2.16. The quantitative estimate of drug-likeness (QED) is 0.725. The summed E-state index contributed by atoms with van der Waals surface area (Å²) in [6.45, 7) is 1.10. The molecule has 5 nitrogen and oxygen atoms in total. The number of carbonyl (C=O) groups excluding carboxylic acids is 2. The molecule has 0 aliphatic rings. The fourth-order valence-corrected chi connectivity index (χ4v) is 2.47. The predicted octanol–water partition coefficient (Wildman–Crippen LogP) is 3.62. The number of ether oxygens (including phenoxy) is 1. The fraction of sp³-hybridized carbons (Fsp3) is 0.105. The van der Waals surface area contributed by atoms with Gasteiger partial charge < -0.3 is 10.1 Å². The molecule has 1 amide bonds. The van der Waals surface area contributed by atoms with Gasteiger partial charge in [0.25, 0.3) is 5.91 Å². The highest BCUT2D eigenvalue weighted by Crippen LogP contribution is 2.19. The summed E-state index contributed by atoms with van der Waals surface area (Å²) in [6.07, 6.45) is 0. The van der Waals surface area contributed by atoms with E-state index in [1.165, 1.54) is 0 Å². The molecule has 0 atom stereocenters. The number of hydrogen-bond acceptors (Lipinski definition) is 4. The highest BCUT2D eigenvalue weighted by atomic mass is 19.1. The van der Waals surface area contributed by atoms with Crippen LogP contribution >= 0.6 is 0 Å². The second-order valence-electron chi connectivity index (χ2n) is 5.58. The smallest absolute Gasteiger partial charge is 0.339 e. The molecular formula is C19H14F2N2O3. The van der Waals surface area contributed by atoms with Gasteiger partial charge in [0.15, 0.2) is 6.61 Å². The van der Waals surface area contributed by atoms with E-state index in [0.717, 1.165) is 18.2 Å². The maximum atomic E-state index is 13.5. The summed E-state index contributed by atoms with van der Waals surface area (Å²) < 4.78 is 31.6. The first kappa shape index (κ1) is 17.5. The predicted molar refractivity (Wildman–Crippen MR) is 91.8 cm³/mol. The summed E-state index contributed by atoms with van der Waals surface area (Å²) >= 11 is 0. The number of halogens is 2. The minimum atomic E-state index is -0.790. The van der Waals surface area contributed by atoms with Crippen molar-refractivity contribution >= 4 is 28.5 Å². The van der Waals surface area contributed by atoms with Gasteiger partial charge in [-0.15, -0.1) is 0 Å². The van der Waals surface area contributed by atoms with Gasteiger partial charge in [-0.25, -0.2) is 13.6 Å². The molecule has 3 aromatic rings. The number of esters is 1. The van der Waals surface area contributed by atoms with E-state index in [1.54, 1.807) is 37.3 Å². The zero-order chi connectivity index (χ0) is 18.7. The van der Waals surface area contributed by atoms with Gasteiger partial charge in [0.1, 0.15) is 11.6 Å². The van der Waals surface area contributed by atoms with Crippen LogP contribution in [0.3, 0.4) is 0 Å². The highest BCUT2D eigenvalue weighted by molar-refractivity contribution is 6.04. The standard InChI is InChI=1S/C19H14F2N2O3/c1-11-8-14(13-4-2-3-5-16(13)22-11)19(25)26-10-18(24)23-17-9-12(20)6-7-15(17)21/h2-9H,10H2,1H3,(H,23,24). The molecule has 0 saturated heterocycles. The third-order valence-corrected chi connectivity index (χ3v) is 3.60. The number of nitrogens with one attached hydrogen (secondary N) is 1. The van der Waals surface area contributed by atoms with Crippen molar-refractivity contribution in [3.8, 4) is 0 Å². The van der Waals surface area contributed by atoms with Gasteiger partial charge in [0.05, 0.1) is 16.8 Å². The molecule has 1 heterocycles. The van der Waals surface area contributed by atoms with Gasteiger partial charge in [0, 0.05) is 17.1 Å². The van der Waals surface area contributed by atoms with Gasteiger partial charge in [0.2, 0.25) is 0 Å². The largest absolute Gasteiger partial charge is 0.452 e. The Bertz CT molecular complexity index is 1010. The van der Waals surface area contributed by atoms with Gasteiger partial charge in [-0.05, 0) is 31.2 Å². The Hall–Kier alpha value is -3.35. The number of pyridine rings is 1. The molecule has 0 radical (unpaired) electrons. The van der Waals surface area contributed by atoms with Crippen LogP contribution in [0.4, 0.5) is 14.5 Å². The Morgan fingerprint density at radius 3 is 2.69 bits per heavy atom. The van der Waals surface area contributed by atoms with Crippen molar-refractivity contribution in [3.05, 3.63) is 71.4 Å². The van der Waals surface area contributed by atoms with Crippen molar-refractivity contribution in [1.29, 1.82) is 0 Å². The van der Waals surface area contributed by atoms with E-state index < -0.39 is 30.1 Å². The molecule has 7 heteroatoms. The van der Waals surface area contributed by atoms with Crippen molar-refractivity contribution < 1.29 is 23.1 Å². The van der Waals surface area contributed by atoms with Crippen molar-refractivity contribution in [3.63, 3.8) is 0 Å². The molecular weight excluding hydrogens is 342 g/mol. The molecule has 3 rings (SSSR count). The SMILES string of the molecule is Cc1cc(C(=O)OCC(=O)Nc2cc(F)ccc2F)c2ccccc2n1. The summed E-state index contributed by atoms with van der Waals surface area (Å²) in [6, 6.07) is 11.3. The Balaban J connectivity index is 1.71. The normalized spacial score (nSPS) is 10.6. The van der Waals surface area contributed by atoms with Crippen LogP contribution in [-0.4, -0.2) is 23.5 Å². The van der Waals surface area contributed by atoms with Crippen molar-refractivity contribution in [2.45, 2.75) is 6.92 Å². The first-order valence-electron chi connectivity index (χ1n) is 7.72. The van der Waals surface area contributed by atoms with Gasteiger partial charge in [-0.3, -0.25) is 9.78 Å². The number of aryl methyl sites for hydroxylation is 1. The van der Waals surface area contributed by atoms with Crippen LogP contribution in [-0.2, 0) is 9.53 Å². The van der Waals surface area contributed by atoms with Gasteiger partial charge in [-0.2, -0.15) is 0 Å². The number of rotatable bonds is 4. The Morgan fingerprint density at radius 2 is 1.88 bits per heavy atom. The van der Waals surface area contributed by atoms with Gasteiger partial charge >= 0.3 is 5.97 Å². The number of aromatic nitrogens is 1. The summed E-state index contributed by atoms with van der Waals surface area (Å²) in [7, 11) is 0. The minimum Gasteiger partial charge on any atom is -0.452 e. The molecule has 26 heavy (non-hydrogen) atoms. The van der Waals surface area contributed by atoms with Crippen molar-refractivity contribution in [1.82, 2.24) is 4.98 Å². The molecule has 0 aliphatic carbocycles. The molecule has 132 valence electrons. The van der Waals surface area contributed by atoms with Crippen LogP contribution in [0, 0.1) is 18.6 Å². The number of benzene rings is 2. The number of para-hydroxylation sites is 1.